The Morgan fingerprint density at radius 2 is 1.70 bits per heavy atom. The minimum absolute atomic E-state index is 0.0161. The standard InChI is InChI=1S/C26H27FO3/c1-18-10-13-20(14-11-18)23-17-22(28)16-21(15-12-19-8-6-5-7-9-19)26(23,27)24(29)30-25(2,3)4/h5-16,23H,17H2,1-4H3/b15-12+/t23-,26+/m0/s1. The molecule has 2 aromatic carbocycles. The SMILES string of the molecule is Cc1ccc([C@@H]2CC(=O)C=C(/C=C/c3ccccc3)[C@]2(F)C(=O)OC(C)(C)C)cc1. The minimum atomic E-state index is -2.47. The molecule has 0 aliphatic heterocycles. The Hall–Kier alpha value is -3.01. The number of allylic oxidation sites excluding steroid dienone is 2. The van der Waals surface area contributed by atoms with E-state index in [1.54, 1.807) is 39.0 Å². The van der Waals surface area contributed by atoms with E-state index in [0.717, 1.165) is 11.1 Å². The van der Waals surface area contributed by atoms with Gasteiger partial charge < -0.3 is 4.74 Å². The van der Waals surface area contributed by atoms with Crippen molar-refractivity contribution in [3.63, 3.8) is 0 Å². The van der Waals surface area contributed by atoms with Crippen LogP contribution in [0.3, 0.4) is 0 Å². The molecule has 0 unspecified atom stereocenters. The van der Waals surface area contributed by atoms with Gasteiger partial charge in [-0.15, -0.1) is 0 Å². The molecule has 30 heavy (non-hydrogen) atoms. The fourth-order valence-corrected chi connectivity index (χ4v) is 3.56. The summed E-state index contributed by atoms with van der Waals surface area (Å²) in [6, 6.07) is 16.6. The van der Waals surface area contributed by atoms with Crippen molar-refractivity contribution in [1.82, 2.24) is 0 Å². The molecule has 3 nitrogen and oxygen atoms in total. The van der Waals surface area contributed by atoms with Crippen LogP contribution in [-0.4, -0.2) is 23.0 Å². The second-order valence-electron chi connectivity index (χ2n) is 8.69. The lowest BCUT2D eigenvalue weighted by Crippen LogP contribution is -2.48. The summed E-state index contributed by atoms with van der Waals surface area (Å²) < 4.78 is 22.2. The highest BCUT2D eigenvalue weighted by Gasteiger charge is 2.54. The molecule has 0 saturated carbocycles. The van der Waals surface area contributed by atoms with Gasteiger partial charge in [-0.1, -0.05) is 72.3 Å². The van der Waals surface area contributed by atoms with Crippen molar-refractivity contribution < 1.29 is 18.7 Å². The number of ether oxygens (including phenoxy) is 1. The summed E-state index contributed by atoms with van der Waals surface area (Å²) in [6.07, 6.45) is 4.35. The highest BCUT2D eigenvalue weighted by atomic mass is 19.1. The second kappa shape index (κ2) is 8.39. The number of hydrogen-bond acceptors (Lipinski definition) is 3. The van der Waals surface area contributed by atoms with Crippen LogP contribution in [0.15, 0.2) is 72.3 Å². The van der Waals surface area contributed by atoms with Crippen molar-refractivity contribution in [2.45, 2.75) is 51.3 Å². The van der Waals surface area contributed by atoms with Crippen LogP contribution in [0.4, 0.5) is 4.39 Å². The summed E-state index contributed by atoms with van der Waals surface area (Å²) in [7, 11) is 0. The largest absolute Gasteiger partial charge is 0.457 e. The van der Waals surface area contributed by atoms with Crippen molar-refractivity contribution in [1.29, 1.82) is 0 Å². The van der Waals surface area contributed by atoms with Gasteiger partial charge in [0.25, 0.3) is 0 Å². The zero-order valence-corrected chi connectivity index (χ0v) is 17.8. The van der Waals surface area contributed by atoms with Gasteiger partial charge in [-0.05, 0) is 44.9 Å². The van der Waals surface area contributed by atoms with Gasteiger partial charge in [-0.25, -0.2) is 9.18 Å². The Kier molecular flexibility index (Phi) is 6.06. The van der Waals surface area contributed by atoms with Gasteiger partial charge in [-0.2, -0.15) is 0 Å². The lowest BCUT2D eigenvalue weighted by Gasteiger charge is -2.37. The number of rotatable bonds is 4. The van der Waals surface area contributed by atoms with Crippen molar-refractivity contribution in [2.75, 3.05) is 0 Å². The molecule has 2 aromatic rings. The first-order valence-electron chi connectivity index (χ1n) is 10.1. The Morgan fingerprint density at radius 3 is 2.30 bits per heavy atom. The molecule has 3 rings (SSSR count). The maximum atomic E-state index is 16.7. The number of aryl methyl sites for hydroxylation is 1. The topological polar surface area (TPSA) is 43.4 Å². The van der Waals surface area contributed by atoms with E-state index in [1.165, 1.54) is 12.2 Å². The van der Waals surface area contributed by atoms with Crippen LogP contribution < -0.4 is 0 Å². The summed E-state index contributed by atoms with van der Waals surface area (Å²) in [6.45, 7) is 7.03. The number of ketones is 1. The first-order chi connectivity index (χ1) is 14.1. The van der Waals surface area contributed by atoms with Crippen LogP contribution in [0.25, 0.3) is 6.08 Å². The molecule has 2 atom stereocenters. The zero-order valence-electron chi connectivity index (χ0n) is 17.8. The maximum absolute atomic E-state index is 16.7. The normalized spacial score (nSPS) is 22.1. The quantitative estimate of drug-likeness (QED) is 0.608. The molecule has 0 saturated heterocycles. The molecule has 0 N–H and O–H groups in total. The Labute approximate surface area is 177 Å². The minimum Gasteiger partial charge on any atom is -0.457 e. The molecular formula is C26H27FO3. The maximum Gasteiger partial charge on any atom is 0.349 e. The predicted octanol–water partition coefficient (Wildman–Crippen LogP) is 5.74. The third-order valence-electron chi connectivity index (χ3n) is 5.05. The number of alkyl halides is 1. The Bertz CT molecular complexity index is 981. The van der Waals surface area contributed by atoms with Crippen molar-refractivity contribution >= 4 is 17.8 Å². The van der Waals surface area contributed by atoms with E-state index in [1.807, 2.05) is 49.4 Å². The molecule has 0 aromatic heterocycles. The number of carbonyl (C=O) groups excluding carboxylic acids is 2. The van der Waals surface area contributed by atoms with E-state index in [4.69, 9.17) is 4.74 Å². The number of hydrogen-bond donors (Lipinski definition) is 0. The summed E-state index contributed by atoms with van der Waals surface area (Å²) in [5.74, 6) is -2.15. The number of carbonyl (C=O) groups is 2. The number of halogens is 1. The Morgan fingerprint density at radius 1 is 1.07 bits per heavy atom. The monoisotopic (exact) mass is 406 g/mol. The smallest absolute Gasteiger partial charge is 0.349 e. The molecule has 4 heteroatoms. The predicted molar refractivity (Wildman–Crippen MR) is 117 cm³/mol. The summed E-state index contributed by atoms with van der Waals surface area (Å²) in [5.41, 5.74) is -0.855. The Balaban J connectivity index is 2.09. The third-order valence-corrected chi connectivity index (χ3v) is 5.05. The number of benzene rings is 2. The molecule has 0 heterocycles. The van der Waals surface area contributed by atoms with Gasteiger partial charge in [0.2, 0.25) is 5.67 Å². The molecule has 156 valence electrons. The number of esters is 1. The molecule has 1 aliphatic rings. The summed E-state index contributed by atoms with van der Waals surface area (Å²) in [5, 5.41) is 0. The van der Waals surface area contributed by atoms with Crippen LogP contribution in [0.5, 0.6) is 0 Å². The molecule has 0 fully saturated rings. The van der Waals surface area contributed by atoms with E-state index in [9.17, 15) is 9.59 Å². The van der Waals surface area contributed by atoms with Crippen LogP contribution in [0.1, 0.15) is 49.8 Å². The van der Waals surface area contributed by atoms with E-state index in [-0.39, 0.29) is 17.8 Å². The third kappa shape index (κ3) is 4.76. The van der Waals surface area contributed by atoms with Crippen LogP contribution in [0, 0.1) is 6.92 Å². The fraction of sp³-hybridized carbons (Fsp3) is 0.308. The molecule has 0 bridgehead atoms. The first-order valence-corrected chi connectivity index (χ1v) is 10.1. The summed E-state index contributed by atoms with van der Waals surface area (Å²) >= 11 is 0. The van der Waals surface area contributed by atoms with Crippen molar-refractivity contribution in [2.24, 2.45) is 0 Å². The van der Waals surface area contributed by atoms with Crippen molar-refractivity contribution in [3.05, 3.63) is 89.0 Å². The lowest BCUT2D eigenvalue weighted by molar-refractivity contribution is -0.168. The van der Waals surface area contributed by atoms with E-state index >= 15 is 4.39 Å². The fourth-order valence-electron chi connectivity index (χ4n) is 3.56. The lowest BCUT2D eigenvalue weighted by atomic mass is 9.71. The average Bonchev–Trinajstić information content (AvgIpc) is 2.68. The average molecular weight is 406 g/mol. The molecular weight excluding hydrogens is 379 g/mol. The van der Waals surface area contributed by atoms with Gasteiger partial charge in [0.1, 0.15) is 5.60 Å². The molecule has 0 spiro atoms. The van der Waals surface area contributed by atoms with E-state index in [2.05, 4.69) is 0 Å². The van der Waals surface area contributed by atoms with Crippen LogP contribution in [0.2, 0.25) is 0 Å². The molecule has 1 aliphatic carbocycles. The molecule has 0 radical (unpaired) electrons. The summed E-state index contributed by atoms with van der Waals surface area (Å²) in [4.78, 5) is 25.6. The van der Waals surface area contributed by atoms with E-state index < -0.39 is 23.2 Å². The van der Waals surface area contributed by atoms with Gasteiger partial charge in [0.15, 0.2) is 5.78 Å². The van der Waals surface area contributed by atoms with Crippen LogP contribution in [-0.2, 0) is 14.3 Å². The highest BCUT2D eigenvalue weighted by molar-refractivity contribution is 5.99. The van der Waals surface area contributed by atoms with E-state index in [0.29, 0.717) is 5.56 Å². The van der Waals surface area contributed by atoms with Gasteiger partial charge in [-0.3, -0.25) is 4.79 Å². The zero-order chi connectivity index (χ0) is 21.9. The highest BCUT2D eigenvalue weighted by Crippen LogP contribution is 2.45. The molecule has 0 amide bonds. The van der Waals surface area contributed by atoms with Gasteiger partial charge >= 0.3 is 5.97 Å². The van der Waals surface area contributed by atoms with Gasteiger partial charge in [0.05, 0.1) is 0 Å². The first kappa shape index (κ1) is 21.7. The van der Waals surface area contributed by atoms with Crippen molar-refractivity contribution in [3.8, 4) is 0 Å². The van der Waals surface area contributed by atoms with Gasteiger partial charge in [0, 0.05) is 17.9 Å². The van der Waals surface area contributed by atoms with Crippen LogP contribution >= 0.6 is 0 Å². The second-order valence-corrected chi connectivity index (χ2v) is 8.69.